The Bertz CT molecular complexity index is 674. The zero-order valence-electron chi connectivity index (χ0n) is 13.5. The van der Waals surface area contributed by atoms with Crippen LogP contribution in [0.25, 0.3) is 0 Å². The Kier molecular flexibility index (Phi) is 6.12. The lowest BCUT2D eigenvalue weighted by Gasteiger charge is -2.20. The van der Waals surface area contributed by atoms with Crippen molar-refractivity contribution in [2.45, 2.75) is 26.0 Å². The molecule has 2 aromatic rings. The summed E-state index contributed by atoms with van der Waals surface area (Å²) in [7, 11) is 1.54. The van der Waals surface area contributed by atoms with E-state index in [2.05, 4.69) is 10.1 Å². The number of para-hydroxylation sites is 1. The van der Waals surface area contributed by atoms with Crippen LogP contribution in [0.5, 0.6) is 11.5 Å². The first-order valence-electron chi connectivity index (χ1n) is 7.53. The molecule has 128 valence electrons. The van der Waals surface area contributed by atoms with Crippen molar-refractivity contribution in [2.75, 3.05) is 7.11 Å². The van der Waals surface area contributed by atoms with Crippen molar-refractivity contribution in [2.24, 2.45) is 0 Å². The standard InChI is InChI=1S/C18H19F2NO3/c1-3-15(14-6-4-5-7-16(14)24-18(19)20)21-17(22)12-8-10-13(23-2)11-9-12/h4-11,15,18H,3H2,1-2H3,(H,21,22)/t15-/m0/s1. The van der Waals surface area contributed by atoms with Crippen LogP contribution in [-0.2, 0) is 0 Å². The molecule has 0 fully saturated rings. The maximum Gasteiger partial charge on any atom is 0.387 e. The third kappa shape index (κ3) is 4.44. The number of halogens is 2. The molecule has 4 nitrogen and oxygen atoms in total. The summed E-state index contributed by atoms with van der Waals surface area (Å²) in [6, 6.07) is 12.7. The van der Waals surface area contributed by atoms with Crippen molar-refractivity contribution in [3.8, 4) is 11.5 Å². The highest BCUT2D eigenvalue weighted by Gasteiger charge is 2.19. The fourth-order valence-electron chi connectivity index (χ4n) is 2.36. The summed E-state index contributed by atoms with van der Waals surface area (Å²) in [4.78, 5) is 12.4. The third-order valence-corrected chi connectivity index (χ3v) is 3.58. The van der Waals surface area contributed by atoms with Crippen LogP contribution < -0.4 is 14.8 Å². The van der Waals surface area contributed by atoms with Crippen LogP contribution in [0.15, 0.2) is 48.5 Å². The number of amides is 1. The molecule has 1 amide bonds. The fraction of sp³-hybridized carbons (Fsp3) is 0.278. The molecule has 1 N–H and O–H groups in total. The van der Waals surface area contributed by atoms with Gasteiger partial charge in [-0.05, 0) is 36.8 Å². The van der Waals surface area contributed by atoms with Gasteiger partial charge in [0.25, 0.3) is 5.91 Å². The van der Waals surface area contributed by atoms with Gasteiger partial charge < -0.3 is 14.8 Å². The minimum absolute atomic E-state index is 0.0642. The molecule has 1 atom stereocenters. The molecule has 0 heterocycles. The number of hydrogen-bond acceptors (Lipinski definition) is 3. The summed E-state index contributed by atoms with van der Waals surface area (Å²) in [5.41, 5.74) is 0.976. The summed E-state index contributed by atoms with van der Waals surface area (Å²) in [5.74, 6) is 0.417. The average Bonchev–Trinajstić information content (AvgIpc) is 2.59. The van der Waals surface area contributed by atoms with E-state index >= 15 is 0 Å². The maximum atomic E-state index is 12.5. The molecule has 2 aromatic carbocycles. The van der Waals surface area contributed by atoms with E-state index in [1.807, 2.05) is 6.92 Å². The summed E-state index contributed by atoms with van der Waals surface area (Å²) >= 11 is 0. The van der Waals surface area contributed by atoms with Gasteiger partial charge in [-0.2, -0.15) is 8.78 Å². The van der Waals surface area contributed by atoms with E-state index in [9.17, 15) is 13.6 Å². The normalized spacial score (nSPS) is 11.9. The van der Waals surface area contributed by atoms with Crippen molar-refractivity contribution >= 4 is 5.91 Å². The van der Waals surface area contributed by atoms with E-state index in [4.69, 9.17) is 4.74 Å². The van der Waals surface area contributed by atoms with E-state index in [-0.39, 0.29) is 11.7 Å². The quantitative estimate of drug-likeness (QED) is 0.826. The summed E-state index contributed by atoms with van der Waals surface area (Å²) < 4.78 is 34.7. The Hall–Kier alpha value is -2.63. The molecule has 6 heteroatoms. The number of rotatable bonds is 7. The van der Waals surface area contributed by atoms with Gasteiger partial charge in [-0.1, -0.05) is 25.1 Å². The van der Waals surface area contributed by atoms with Crippen LogP contribution in [0.4, 0.5) is 8.78 Å². The summed E-state index contributed by atoms with van der Waals surface area (Å²) in [6.07, 6.45) is 0.533. The lowest BCUT2D eigenvalue weighted by atomic mass is 10.0. The van der Waals surface area contributed by atoms with Crippen LogP contribution in [-0.4, -0.2) is 19.6 Å². The zero-order chi connectivity index (χ0) is 17.5. The van der Waals surface area contributed by atoms with E-state index < -0.39 is 12.7 Å². The number of methoxy groups -OCH3 is 1. The van der Waals surface area contributed by atoms with Crippen molar-refractivity contribution in [1.29, 1.82) is 0 Å². The van der Waals surface area contributed by atoms with E-state index in [1.165, 1.54) is 6.07 Å². The lowest BCUT2D eigenvalue weighted by Crippen LogP contribution is -2.28. The van der Waals surface area contributed by atoms with Gasteiger partial charge >= 0.3 is 6.61 Å². The maximum absolute atomic E-state index is 12.5. The highest BCUT2D eigenvalue weighted by atomic mass is 19.3. The van der Waals surface area contributed by atoms with Gasteiger partial charge in [-0.25, -0.2) is 0 Å². The Morgan fingerprint density at radius 2 is 1.79 bits per heavy atom. The summed E-state index contributed by atoms with van der Waals surface area (Å²) in [5, 5.41) is 2.85. The van der Waals surface area contributed by atoms with E-state index in [0.29, 0.717) is 23.3 Å². The summed E-state index contributed by atoms with van der Waals surface area (Å²) in [6.45, 7) is -1.06. The molecule has 0 saturated heterocycles. The zero-order valence-corrected chi connectivity index (χ0v) is 13.5. The molecule has 24 heavy (non-hydrogen) atoms. The van der Waals surface area contributed by atoms with E-state index in [1.54, 1.807) is 49.6 Å². The monoisotopic (exact) mass is 335 g/mol. The third-order valence-electron chi connectivity index (χ3n) is 3.58. The second-order valence-corrected chi connectivity index (χ2v) is 5.08. The highest BCUT2D eigenvalue weighted by Crippen LogP contribution is 2.28. The first kappa shape index (κ1) is 17.7. The topological polar surface area (TPSA) is 47.6 Å². The molecule has 0 radical (unpaired) electrons. The SMILES string of the molecule is CC[C@H](NC(=O)c1ccc(OC)cc1)c1ccccc1OC(F)F. The van der Waals surface area contributed by atoms with Gasteiger partial charge in [0.2, 0.25) is 0 Å². The fourth-order valence-corrected chi connectivity index (χ4v) is 2.36. The molecule has 0 aliphatic heterocycles. The van der Waals surface area contributed by atoms with Crippen molar-refractivity contribution < 1.29 is 23.0 Å². The lowest BCUT2D eigenvalue weighted by molar-refractivity contribution is -0.0506. The van der Waals surface area contributed by atoms with Gasteiger partial charge in [0.05, 0.1) is 13.2 Å². The molecule has 0 spiro atoms. The Morgan fingerprint density at radius 3 is 2.38 bits per heavy atom. The highest BCUT2D eigenvalue weighted by molar-refractivity contribution is 5.94. The second kappa shape index (κ2) is 8.29. The van der Waals surface area contributed by atoms with Crippen LogP contribution in [0.3, 0.4) is 0 Å². The van der Waals surface area contributed by atoms with Gasteiger partial charge in [-0.15, -0.1) is 0 Å². The predicted molar refractivity (Wildman–Crippen MR) is 86.6 cm³/mol. The number of carbonyl (C=O) groups is 1. The number of carbonyl (C=O) groups excluding carboxylic acids is 1. The first-order chi connectivity index (χ1) is 11.5. The molecule has 0 aliphatic rings. The van der Waals surface area contributed by atoms with Gasteiger partial charge in [0, 0.05) is 11.1 Å². The van der Waals surface area contributed by atoms with Crippen LogP contribution in [0, 0.1) is 0 Å². The molecule has 0 bridgehead atoms. The largest absolute Gasteiger partial charge is 0.497 e. The predicted octanol–water partition coefficient (Wildman–Crippen LogP) is 4.18. The number of nitrogens with one attached hydrogen (secondary N) is 1. The Morgan fingerprint density at radius 1 is 1.12 bits per heavy atom. The van der Waals surface area contributed by atoms with Crippen LogP contribution in [0.2, 0.25) is 0 Å². The molecular weight excluding hydrogens is 316 g/mol. The average molecular weight is 335 g/mol. The van der Waals surface area contributed by atoms with Crippen molar-refractivity contribution in [3.05, 3.63) is 59.7 Å². The molecule has 0 unspecified atom stereocenters. The van der Waals surface area contributed by atoms with Crippen molar-refractivity contribution in [1.82, 2.24) is 5.32 Å². The van der Waals surface area contributed by atoms with Crippen LogP contribution >= 0.6 is 0 Å². The van der Waals surface area contributed by atoms with Crippen molar-refractivity contribution in [3.63, 3.8) is 0 Å². The molecule has 2 rings (SSSR count). The molecule has 0 aromatic heterocycles. The number of alkyl halides is 2. The Balaban J connectivity index is 2.18. The van der Waals surface area contributed by atoms with Gasteiger partial charge in [-0.3, -0.25) is 4.79 Å². The number of hydrogen-bond donors (Lipinski definition) is 1. The first-order valence-corrected chi connectivity index (χ1v) is 7.53. The van der Waals surface area contributed by atoms with E-state index in [0.717, 1.165) is 0 Å². The van der Waals surface area contributed by atoms with Gasteiger partial charge in [0.15, 0.2) is 0 Å². The Labute approximate surface area is 139 Å². The minimum atomic E-state index is -2.92. The minimum Gasteiger partial charge on any atom is -0.497 e. The molecule has 0 aliphatic carbocycles. The van der Waals surface area contributed by atoms with Crippen LogP contribution in [0.1, 0.15) is 35.3 Å². The number of ether oxygens (including phenoxy) is 2. The van der Waals surface area contributed by atoms with Gasteiger partial charge in [0.1, 0.15) is 11.5 Å². The molecule has 0 saturated carbocycles. The number of benzene rings is 2. The smallest absolute Gasteiger partial charge is 0.387 e. The molecular formula is C18H19F2NO3. The second-order valence-electron chi connectivity index (χ2n) is 5.08.